The molecule has 18 heavy (non-hydrogen) atoms. The van der Waals surface area contributed by atoms with Crippen molar-refractivity contribution in [1.29, 1.82) is 0 Å². The third-order valence-electron chi connectivity index (χ3n) is 2.92. The number of nitrogens with zero attached hydrogens (tertiary/aromatic N) is 1. The van der Waals surface area contributed by atoms with Crippen molar-refractivity contribution in [2.75, 3.05) is 11.9 Å². The maximum absolute atomic E-state index is 11.1. The predicted octanol–water partition coefficient (Wildman–Crippen LogP) is 2.52. The minimum atomic E-state index is -0.980. The third kappa shape index (κ3) is 3.00. The number of carboxylic acid groups (broad SMARTS) is 1. The molecule has 1 heterocycles. The summed E-state index contributed by atoms with van der Waals surface area (Å²) in [4.78, 5) is 15.2. The monoisotopic (exact) mass is 314 g/mol. The minimum Gasteiger partial charge on any atom is -0.478 e. The molecule has 5 nitrogen and oxygen atoms in total. The summed E-state index contributed by atoms with van der Waals surface area (Å²) in [6, 6.07) is 1.80. The van der Waals surface area contributed by atoms with Gasteiger partial charge >= 0.3 is 5.97 Å². The van der Waals surface area contributed by atoms with Crippen LogP contribution in [0.3, 0.4) is 0 Å². The van der Waals surface area contributed by atoms with E-state index in [0.29, 0.717) is 16.9 Å². The smallest absolute Gasteiger partial charge is 0.339 e. The van der Waals surface area contributed by atoms with Crippen LogP contribution < -0.4 is 5.32 Å². The van der Waals surface area contributed by atoms with Crippen LogP contribution in [-0.2, 0) is 4.74 Å². The molecule has 0 aromatic carbocycles. The second kappa shape index (κ2) is 5.67. The molecule has 2 rings (SSSR count). The molecule has 2 N–H and O–H groups in total. The van der Waals surface area contributed by atoms with Gasteiger partial charge in [-0.25, -0.2) is 9.78 Å². The van der Waals surface area contributed by atoms with Gasteiger partial charge in [0, 0.05) is 23.3 Å². The fourth-order valence-electron chi connectivity index (χ4n) is 1.97. The van der Waals surface area contributed by atoms with E-state index < -0.39 is 5.97 Å². The highest BCUT2D eigenvalue weighted by molar-refractivity contribution is 9.10. The Morgan fingerprint density at radius 1 is 1.67 bits per heavy atom. The number of aromatic carboxylic acids is 1. The molecule has 0 bridgehead atoms. The summed E-state index contributed by atoms with van der Waals surface area (Å²) in [5.74, 6) is -0.558. The van der Waals surface area contributed by atoms with E-state index in [1.807, 2.05) is 6.92 Å². The van der Waals surface area contributed by atoms with Crippen molar-refractivity contribution in [1.82, 2.24) is 4.98 Å². The van der Waals surface area contributed by atoms with Crippen molar-refractivity contribution in [3.63, 3.8) is 0 Å². The van der Waals surface area contributed by atoms with E-state index in [4.69, 9.17) is 9.84 Å². The van der Waals surface area contributed by atoms with Crippen LogP contribution in [0.1, 0.15) is 30.1 Å². The molecule has 98 valence electrons. The number of hydrogen-bond acceptors (Lipinski definition) is 4. The van der Waals surface area contributed by atoms with Crippen molar-refractivity contribution in [3.05, 3.63) is 22.3 Å². The first-order valence-electron chi connectivity index (χ1n) is 5.87. The van der Waals surface area contributed by atoms with Crippen molar-refractivity contribution in [3.8, 4) is 0 Å². The Bertz CT molecular complexity index is 447. The number of hydrogen-bond donors (Lipinski definition) is 2. The molecule has 1 aromatic rings. The van der Waals surface area contributed by atoms with E-state index in [2.05, 4.69) is 26.2 Å². The zero-order valence-corrected chi connectivity index (χ0v) is 11.6. The summed E-state index contributed by atoms with van der Waals surface area (Å²) in [6.07, 6.45) is 3.67. The topological polar surface area (TPSA) is 71.5 Å². The summed E-state index contributed by atoms with van der Waals surface area (Å²) < 4.78 is 6.12. The van der Waals surface area contributed by atoms with Crippen molar-refractivity contribution < 1.29 is 14.6 Å². The number of ether oxygens (including phenoxy) is 1. The van der Waals surface area contributed by atoms with Gasteiger partial charge in [0.2, 0.25) is 0 Å². The number of nitrogens with one attached hydrogen (secondary N) is 1. The van der Waals surface area contributed by atoms with Crippen molar-refractivity contribution in [2.24, 2.45) is 0 Å². The van der Waals surface area contributed by atoms with Crippen molar-refractivity contribution >= 4 is 27.7 Å². The highest BCUT2D eigenvalue weighted by atomic mass is 79.9. The summed E-state index contributed by atoms with van der Waals surface area (Å²) in [5, 5.41) is 12.3. The molecule has 1 aliphatic carbocycles. The van der Waals surface area contributed by atoms with Gasteiger partial charge in [0.1, 0.15) is 11.4 Å². The minimum absolute atomic E-state index is 0.184. The molecule has 0 atom stereocenters. The highest BCUT2D eigenvalue weighted by Gasteiger charge is 2.30. The Morgan fingerprint density at radius 3 is 3.00 bits per heavy atom. The van der Waals surface area contributed by atoms with E-state index in [0.717, 1.165) is 12.8 Å². The Kier molecular flexibility index (Phi) is 4.19. The van der Waals surface area contributed by atoms with Crippen LogP contribution in [0.25, 0.3) is 0 Å². The van der Waals surface area contributed by atoms with Crippen molar-refractivity contribution in [2.45, 2.75) is 31.9 Å². The first-order valence-corrected chi connectivity index (χ1v) is 6.66. The number of pyridine rings is 1. The fourth-order valence-corrected chi connectivity index (χ4v) is 2.30. The maximum atomic E-state index is 11.1. The third-order valence-corrected chi connectivity index (χ3v) is 3.36. The molecular weight excluding hydrogens is 300 g/mol. The van der Waals surface area contributed by atoms with E-state index in [9.17, 15) is 4.79 Å². The lowest BCUT2D eigenvalue weighted by atomic mass is 9.89. The van der Waals surface area contributed by atoms with Gasteiger partial charge in [-0.15, -0.1) is 0 Å². The lowest BCUT2D eigenvalue weighted by Crippen LogP contribution is -2.41. The number of carboxylic acids is 1. The summed E-state index contributed by atoms with van der Waals surface area (Å²) in [5.41, 5.74) is 0.184. The molecule has 1 fully saturated rings. The zero-order chi connectivity index (χ0) is 13.1. The summed E-state index contributed by atoms with van der Waals surface area (Å²) >= 11 is 3.22. The largest absolute Gasteiger partial charge is 0.478 e. The summed E-state index contributed by atoms with van der Waals surface area (Å²) in [7, 11) is 0. The van der Waals surface area contributed by atoms with Crippen LogP contribution in [0, 0.1) is 0 Å². The molecule has 6 heteroatoms. The molecule has 0 saturated heterocycles. The molecule has 0 amide bonds. The van der Waals surface area contributed by atoms with Crippen LogP contribution >= 0.6 is 15.9 Å². The van der Waals surface area contributed by atoms with Crippen LogP contribution in [0.15, 0.2) is 16.7 Å². The molecule has 1 aromatic heterocycles. The maximum Gasteiger partial charge on any atom is 0.339 e. The predicted molar refractivity (Wildman–Crippen MR) is 71.0 cm³/mol. The first kappa shape index (κ1) is 13.3. The lowest BCUT2D eigenvalue weighted by molar-refractivity contribution is 0.00291. The van der Waals surface area contributed by atoms with Crippen LogP contribution in [0.2, 0.25) is 0 Å². The van der Waals surface area contributed by atoms with Gasteiger partial charge in [0.25, 0.3) is 0 Å². The van der Waals surface area contributed by atoms with Gasteiger partial charge in [-0.05, 0) is 41.8 Å². The molecule has 0 unspecified atom stereocenters. The number of rotatable bonds is 5. The Morgan fingerprint density at radius 2 is 2.39 bits per heavy atom. The van der Waals surface area contributed by atoms with E-state index in [-0.39, 0.29) is 17.7 Å². The second-order valence-corrected chi connectivity index (χ2v) is 5.16. The van der Waals surface area contributed by atoms with E-state index >= 15 is 0 Å². The van der Waals surface area contributed by atoms with Crippen LogP contribution in [-0.4, -0.2) is 34.8 Å². The second-order valence-electron chi connectivity index (χ2n) is 4.24. The van der Waals surface area contributed by atoms with Gasteiger partial charge in [-0.3, -0.25) is 0 Å². The van der Waals surface area contributed by atoms with Gasteiger partial charge in [-0.1, -0.05) is 0 Å². The Hall–Kier alpha value is -1.14. The average molecular weight is 315 g/mol. The van der Waals surface area contributed by atoms with E-state index in [1.54, 1.807) is 12.3 Å². The Labute approximate surface area is 114 Å². The number of carbonyl (C=O) groups is 1. The normalized spacial score (nSPS) is 22.3. The standard InChI is InChI=1S/C12H15BrN2O3/c1-2-18-9-4-8(5-9)15-11-10(12(16)17)3-7(13)6-14-11/h3,6,8-9H,2,4-5H2,1H3,(H,14,15)(H,16,17). The molecular formula is C12H15BrN2O3. The van der Waals surface area contributed by atoms with Gasteiger partial charge in [0.15, 0.2) is 0 Å². The van der Waals surface area contributed by atoms with Crippen LogP contribution in [0.4, 0.5) is 5.82 Å². The van der Waals surface area contributed by atoms with E-state index in [1.165, 1.54) is 0 Å². The number of aromatic nitrogens is 1. The molecule has 0 spiro atoms. The molecule has 1 aliphatic rings. The molecule has 1 saturated carbocycles. The molecule has 0 radical (unpaired) electrons. The lowest BCUT2D eigenvalue weighted by Gasteiger charge is -2.35. The molecule has 0 aliphatic heterocycles. The van der Waals surface area contributed by atoms with Gasteiger partial charge in [-0.2, -0.15) is 0 Å². The first-order chi connectivity index (χ1) is 8.60. The fraction of sp³-hybridized carbons (Fsp3) is 0.500. The summed E-state index contributed by atoms with van der Waals surface area (Å²) in [6.45, 7) is 2.69. The Balaban J connectivity index is 2.00. The van der Waals surface area contributed by atoms with Gasteiger partial charge < -0.3 is 15.2 Å². The number of anilines is 1. The average Bonchev–Trinajstić information content (AvgIpc) is 2.28. The highest BCUT2D eigenvalue weighted by Crippen LogP contribution is 2.28. The van der Waals surface area contributed by atoms with Crippen LogP contribution in [0.5, 0.6) is 0 Å². The SMILES string of the molecule is CCOC1CC(Nc2ncc(Br)cc2C(=O)O)C1. The number of halogens is 1. The zero-order valence-electron chi connectivity index (χ0n) is 10.0. The quantitative estimate of drug-likeness (QED) is 0.873. The van der Waals surface area contributed by atoms with Gasteiger partial charge in [0.05, 0.1) is 6.10 Å².